The van der Waals surface area contributed by atoms with Crippen molar-refractivity contribution in [1.82, 2.24) is 0 Å². The predicted molar refractivity (Wildman–Crippen MR) is 94.0 cm³/mol. The number of anilines is 1. The third kappa shape index (κ3) is 5.14. The van der Waals surface area contributed by atoms with Crippen LogP contribution in [0.2, 0.25) is 5.02 Å². The molecule has 9 heteroatoms. The third-order valence-corrected chi connectivity index (χ3v) is 3.78. The maximum atomic E-state index is 13.0. The summed E-state index contributed by atoms with van der Waals surface area (Å²) in [5.74, 6) is -1.26. The van der Waals surface area contributed by atoms with E-state index in [0.717, 1.165) is 12.1 Å². The van der Waals surface area contributed by atoms with Crippen LogP contribution in [0.1, 0.15) is 15.9 Å². The van der Waals surface area contributed by atoms with E-state index in [1.54, 1.807) is 0 Å². The average molecular weight is 383 g/mol. The van der Waals surface area contributed by atoms with Gasteiger partial charge in [0.05, 0.1) is 22.1 Å². The first-order valence-electron chi connectivity index (χ1n) is 7.54. The van der Waals surface area contributed by atoms with Crippen LogP contribution < -0.4 is 5.32 Å². The van der Waals surface area contributed by atoms with E-state index in [1.807, 2.05) is 0 Å². The number of hydrogen-bond donors (Lipinski definition) is 1. The Labute approximate surface area is 153 Å². The van der Waals surface area contributed by atoms with Crippen molar-refractivity contribution < 1.29 is 23.6 Å². The molecule has 7 nitrogen and oxygen atoms in total. The normalized spacial score (nSPS) is 10.4. The summed E-state index contributed by atoms with van der Waals surface area (Å²) in [5, 5.41) is 14.2. The molecule has 0 radical (unpaired) electrons. The van der Waals surface area contributed by atoms with E-state index in [1.165, 1.54) is 31.4 Å². The molecule has 0 heterocycles. The summed E-state index contributed by atoms with van der Waals surface area (Å²) in [4.78, 5) is 22.8. The van der Waals surface area contributed by atoms with Crippen molar-refractivity contribution in [2.45, 2.75) is 6.61 Å². The lowest BCUT2D eigenvalue weighted by Gasteiger charge is -2.09. The summed E-state index contributed by atoms with van der Waals surface area (Å²) < 4.78 is 23.0. The molecule has 2 aromatic rings. The third-order valence-electron chi connectivity index (χ3n) is 3.43. The van der Waals surface area contributed by atoms with E-state index in [4.69, 9.17) is 21.1 Å². The second-order valence-corrected chi connectivity index (χ2v) is 5.63. The fraction of sp³-hybridized carbons (Fsp3) is 0.235. The van der Waals surface area contributed by atoms with Crippen molar-refractivity contribution in [1.29, 1.82) is 0 Å². The molecule has 0 saturated heterocycles. The summed E-state index contributed by atoms with van der Waals surface area (Å²) in [7, 11) is 1.52. The monoisotopic (exact) mass is 382 g/mol. The highest BCUT2D eigenvalue weighted by Gasteiger charge is 2.18. The zero-order chi connectivity index (χ0) is 19.1. The fourth-order valence-corrected chi connectivity index (χ4v) is 2.33. The summed E-state index contributed by atoms with van der Waals surface area (Å²) in [6.07, 6.45) is 0. The Bertz CT molecular complexity index is 816. The van der Waals surface area contributed by atoms with Crippen molar-refractivity contribution in [3.05, 3.63) is 68.5 Å². The molecule has 0 unspecified atom stereocenters. The number of carbonyl (C=O) groups excluding carboxylic acids is 1. The van der Waals surface area contributed by atoms with Gasteiger partial charge in [0.2, 0.25) is 0 Å². The van der Waals surface area contributed by atoms with Crippen molar-refractivity contribution in [3.8, 4) is 0 Å². The summed E-state index contributed by atoms with van der Waals surface area (Å²) in [5.41, 5.74) is 0.460. The number of esters is 1. The van der Waals surface area contributed by atoms with Gasteiger partial charge in [0, 0.05) is 25.3 Å². The zero-order valence-electron chi connectivity index (χ0n) is 13.8. The van der Waals surface area contributed by atoms with E-state index < -0.39 is 16.7 Å². The van der Waals surface area contributed by atoms with E-state index in [-0.39, 0.29) is 28.6 Å². The smallest absolute Gasteiger partial charge is 0.338 e. The van der Waals surface area contributed by atoms with Crippen LogP contribution in [0.3, 0.4) is 0 Å². The first-order valence-corrected chi connectivity index (χ1v) is 7.92. The molecule has 0 aliphatic heterocycles. The van der Waals surface area contributed by atoms with Gasteiger partial charge in [-0.25, -0.2) is 9.18 Å². The molecule has 2 rings (SSSR count). The molecular weight excluding hydrogens is 367 g/mol. The Morgan fingerprint density at radius 1 is 1.31 bits per heavy atom. The highest BCUT2D eigenvalue weighted by atomic mass is 35.5. The number of nitrogens with one attached hydrogen (secondary N) is 1. The Morgan fingerprint density at radius 2 is 2.08 bits per heavy atom. The number of halogens is 2. The van der Waals surface area contributed by atoms with E-state index in [9.17, 15) is 19.3 Å². The second kappa shape index (κ2) is 9.12. The van der Waals surface area contributed by atoms with Gasteiger partial charge in [-0.2, -0.15) is 0 Å². The maximum absolute atomic E-state index is 13.0. The van der Waals surface area contributed by atoms with Gasteiger partial charge >= 0.3 is 5.97 Å². The standard InChI is InChI=1S/C17H16ClFN2O5/c1-25-7-6-20-15-5-3-11(8-16(15)21(23)24)17(22)26-10-12-2-4-13(19)9-14(12)18/h2-5,8-9,20H,6-7,10H2,1H3. The molecule has 0 aliphatic carbocycles. The van der Waals surface area contributed by atoms with Crippen LogP contribution in [0.25, 0.3) is 0 Å². The molecule has 0 amide bonds. The van der Waals surface area contributed by atoms with Crippen molar-refractivity contribution in [2.75, 3.05) is 25.6 Å². The minimum absolute atomic E-state index is 0.0206. The van der Waals surface area contributed by atoms with Crippen molar-refractivity contribution >= 4 is 28.9 Å². The zero-order valence-corrected chi connectivity index (χ0v) is 14.6. The minimum atomic E-state index is -0.753. The molecule has 138 valence electrons. The van der Waals surface area contributed by atoms with Gasteiger partial charge < -0.3 is 14.8 Å². The number of ether oxygens (including phenoxy) is 2. The number of carbonyl (C=O) groups is 1. The maximum Gasteiger partial charge on any atom is 0.338 e. The lowest BCUT2D eigenvalue weighted by molar-refractivity contribution is -0.384. The number of nitro benzene ring substituents is 1. The highest BCUT2D eigenvalue weighted by molar-refractivity contribution is 6.31. The van der Waals surface area contributed by atoms with Crippen LogP contribution in [0, 0.1) is 15.9 Å². The molecule has 0 spiro atoms. The highest BCUT2D eigenvalue weighted by Crippen LogP contribution is 2.26. The van der Waals surface area contributed by atoms with Gasteiger partial charge in [-0.1, -0.05) is 17.7 Å². The molecule has 0 fully saturated rings. The number of hydrogen-bond acceptors (Lipinski definition) is 6. The molecule has 0 saturated carbocycles. The van der Waals surface area contributed by atoms with Gasteiger partial charge in [0.25, 0.3) is 5.69 Å². The molecule has 0 aliphatic rings. The summed E-state index contributed by atoms with van der Waals surface area (Å²) >= 11 is 5.87. The molecule has 0 atom stereocenters. The predicted octanol–water partition coefficient (Wildman–Crippen LogP) is 3.80. The molecule has 1 N–H and O–H groups in total. The quantitative estimate of drug-likeness (QED) is 0.323. The van der Waals surface area contributed by atoms with Crippen LogP contribution in [0.4, 0.5) is 15.8 Å². The first-order chi connectivity index (χ1) is 12.4. The van der Waals surface area contributed by atoms with Gasteiger partial charge in [-0.3, -0.25) is 10.1 Å². The van der Waals surface area contributed by atoms with Crippen LogP contribution >= 0.6 is 11.6 Å². The number of rotatable bonds is 8. The van der Waals surface area contributed by atoms with Crippen molar-refractivity contribution in [2.24, 2.45) is 0 Å². The fourth-order valence-electron chi connectivity index (χ4n) is 2.11. The Balaban J connectivity index is 2.10. The second-order valence-electron chi connectivity index (χ2n) is 5.22. The topological polar surface area (TPSA) is 90.7 Å². The number of benzene rings is 2. The van der Waals surface area contributed by atoms with Crippen LogP contribution in [-0.2, 0) is 16.1 Å². The molecule has 26 heavy (non-hydrogen) atoms. The Morgan fingerprint density at radius 3 is 2.73 bits per heavy atom. The van der Waals surface area contributed by atoms with E-state index in [2.05, 4.69) is 5.32 Å². The first kappa shape index (κ1) is 19.6. The molecule has 0 bridgehead atoms. The molecule has 0 aromatic heterocycles. The number of nitrogens with zero attached hydrogens (tertiary/aromatic N) is 1. The largest absolute Gasteiger partial charge is 0.457 e. The van der Waals surface area contributed by atoms with Gasteiger partial charge in [-0.05, 0) is 24.3 Å². The van der Waals surface area contributed by atoms with E-state index in [0.29, 0.717) is 18.7 Å². The average Bonchev–Trinajstić information content (AvgIpc) is 2.61. The molecular formula is C17H16ClFN2O5. The van der Waals surface area contributed by atoms with E-state index >= 15 is 0 Å². The lowest BCUT2D eigenvalue weighted by atomic mass is 10.1. The summed E-state index contributed by atoms with van der Waals surface area (Å²) in [6, 6.07) is 7.67. The Hall–Kier alpha value is -2.71. The van der Waals surface area contributed by atoms with Crippen LogP contribution in [0.5, 0.6) is 0 Å². The summed E-state index contributed by atoms with van der Waals surface area (Å²) in [6.45, 7) is 0.573. The van der Waals surface area contributed by atoms with Gasteiger partial charge in [-0.15, -0.1) is 0 Å². The SMILES string of the molecule is COCCNc1ccc(C(=O)OCc2ccc(F)cc2Cl)cc1[N+](=O)[O-]. The van der Waals surface area contributed by atoms with Crippen molar-refractivity contribution in [3.63, 3.8) is 0 Å². The minimum Gasteiger partial charge on any atom is -0.457 e. The van der Waals surface area contributed by atoms with Gasteiger partial charge in [0.15, 0.2) is 0 Å². The van der Waals surface area contributed by atoms with Crippen LogP contribution in [-0.4, -0.2) is 31.2 Å². The number of methoxy groups -OCH3 is 1. The van der Waals surface area contributed by atoms with Gasteiger partial charge in [0.1, 0.15) is 18.1 Å². The molecule has 2 aromatic carbocycles. The Kier molecular flexibility index (Phi) is 6.88. The number of nitro groups is 1. The lowest BCUT2D eigenvalue weighted by Crippen LogP contribution is -2.11. The van der Waals surface area contributed by atoms with Crippen LogP contribution in [0.15, 0.2) is 36.4 Å².